The number of benzene rings is 1. The Labute approximate surface area is 139 Å². The molecule has 0 aromatic heterocycles. The van der Waals surface area contributed by atoms with Crippen molar-refractivity contribution in [2.24, 2.45) is 5.41 Å². The van der Waals surface area contributed by atoms with E-state index in [9.17, 15) is 10.1 Å². The van der Waals surface area contributed by atoms with E-state index in [1.165, 1.54) is 0 Å². The van der Waals surface area contributed by atoms with Gasteiger partial charge in [0.15, 0.2) is 0 Å². The van der Waals surface area contributed by atoms with Crippen LogP contribution in [0.25, 0.3) is 0 Å². The standard InChI is InChI=1S/C16H20BrN3O2/c1-15(2,3)22-14(21)20-12-8-10(17)6-7-11(12)13(19)16(4,5)9-18/h6-8,19H,1-5H3,(H,20,21). The Bertz CT molecular complexity index is 640. The third kappa shape index (κ3) is 4.85. The molecule has 5 nitrogen and oxygen atoms in total. The fourth-order valence-corrected chi connectivity index (χ4v) is 2.01. The summed E-state index contributed by atoms with van der Waals surface area (Å²) in [5, 5.41) is 20.1. The van der Waals surface area contributed by atoms with Gasteiger partial charge in [0.1, 0.15) is 5.60 Å². The van der Waals surface area contributed by atoms with Crippen LogP contribution in [0, 0.1) is 22.2 Å². The van der Waals surface area contributed by atoms with Crippen LogP contribution in [-0.4, -0.2) is 17.4 Å². The van der Waals surface area contributed by atoms with Gasteiger partial charge in [-0.2, -0.15) is 5.26 Å². The number of hydrogen-bond donors (Lipinski definition) is 2. The van der Waals surface area contributed by atoms with Gasteiger partial charge in [0.2, 0.25) is 0 Å². The van der Waals surface area contributed by atoms with Crippen LogP contribution in [0.1, 0.15) is 40.2 Å². The molecule has 0 spiro atoms. The molecule has 1 aromatic rings. The zero-order valence-corrected chi connectivity index (χ0v) is 15.0. The Morgan fingerprint density at radius 3 is 2.41 bits per heavy atom. The maximum atomic E-state index is 11.9. The van der Waals surface area contributed by atoms with Crippen molar-refractivity contribution in [2.45, 2.75) is 40.2 Å². The van der Waals surface area contributed by atoms with E-state index >= 15 is 0 Å². The lowest BCUT2D eigenvalue weighted by Gasteiger charge is -2.22. The fraction of sp³-hybridized carbons (Fsp3) is 0.438. The number of halogens is 1. The molecule has 6 heteroatoms. The van der Waals surface area contributed by atoms with Crippen LogP contribution in [0.2, 0.25) is 0 Å². The predicted octanol–water partition coefficient (Wildman–Crippen LogP) is 4.71. The quantitative estimate of drug-likeness (QED) is 0.760. The Hall–Kier alpha value is -1.87. The van der Waals surface area contributed by atoms with E-state index in [0.29, 0.717) is 11.3 Å². The summed E-state index contributed by atoms with van der Waals surface area (Å²) in [5.41, 5.74) is -0.528. The molecule has 0 atom stereocenters. The SMILES string of the molecule is CC(C)(C)OC(=O)Nc1cc(Br)ccc1C(=N)C(C)(C)C#N. The number of amides is 1. The first-order valence-corrected chi connectivity index (χ1v) is 7.56. The predicted molar refractivity (Wildman–Crippen MR) is 90.2 cm³/mol. The van der Waals surface area contributed by atoms with Crippen LogP contribution >= 0.6 is 15.9 Å². The average Bonchev–Trinajstić information content (AvgIpc) is 2.35. The third-order valence-corrected chi connectivity index (χ3v) is 3.28. The van der Waals surface area contributed by atoms with Gasteiger partial charge in [0.05, 0.1) is 22.9 Å². The maximum absolute atomic E-state index is 11.9. The number of carbonyl (C=O) groups excluding carboxylic acids is 1. The molecule has 0 unspecified atom stereocenters. The van der Waals surface area contributed by atoms with Gasteiger partial charge in [-0.05, 0) is 52.8 Å². The molecule has 1 aromatic carbocycles. The van der Waals surface area contributed by atoms with E-state index in [2.05, 4.69) is 27.3 Å². The molecule has 0 aliphatic heterocycles. The van der Waals surface area contributed by atoms with Gasteiger partial charge < -0.3 is 10.1 Å². The average molecular weight is 366 g/mol. The van der Waals surface area contributed by atoms with Crippen LogP contribution in [0.5, 0.6) is 0 Å². The summed E-state index contributed by atoms with van der Waals surface area (Å²) in [6.07, 6.45) is -0.602. The summed E-state index contributed by atoms with van der Waals surface area (Å²) in [4.78, 5) is 11.9. The van der Waals surface area contributed by atoms with Gasteiger partial charge in [0.25, 0.3) is 0 Å². The van der Waals surface area contributed by atoms with Crippen molar-refractivity contribution in [2.75, 3.05) is 5.32 Å². The van der Waals surface area contributed by atoms with Gasteiger partial charge in [0, 0.05) is 10.0 Å². The van der Waals surface area contributed by atoms with Crippen molar-refractivity contribution < 1.29 is 9.53 Å². The Kier molecular flexibility index (Phi) is 5.36. The second-order valence-electron chi connectivity index (χ2n) is 6.43. The van der Waals surface area contributed by atoms with Gasteiger partial charge >= 0.3 is 6.09 Å². The molecule has 22 heavy (non-hydrogen) atoms. The van der Waals surface area contributed by atoms with Gasteiger partial charge in [-0.3, -0.25) is 5.32 Å². The summed E-state index contributed by atoms with van der Waals surface area (Å²) in [6.45, 7) is 8.64. The Balaban J connectivity index is 3.15. The van der Waals surface area contributed by atoms with Gasteiger partial charge in [-0.25, -0.2) is 4.79 Å². The van der Waals surface area contributed by atoms with E-state index in [1.807, 2.05) is 0 Å². The molecule has 0 aliphatic carbocycles. The summed E-state index contributed by atoms with van der Waals surface area (Å²) in [6, 6.07) is 7.23. The van der Waals surface area contributed by atoms with Crippen molar-refractivity contribution in [3.8, 4) is 6.07 Å². The molecule has 0 bridgehead atoms. The third-order valence-electron chi connectivity index (χ3n) is 2.79. The molecule has 1 rings (SSSR count). The normalized spacial score (nSPS) is 11.5. The minimum absolute atomic E-state index is 0.133. The molecule has 0 heterocycles. The molecule has 0 aliphatic rings. The highest BCUT2D eigenvalue weighted by Crippen LogP contribution is 2.29. The highest BCUT2D eigenvalue weighted by atomic mass is 79.9. The molecular formula is C16H20BrN3O2. The highest BCUT2D eigenvalue weighted by molar-refractivity contribution is 9.10. The molecule has 2 N–H and O–H groups in total. The molecule has 0 radical (unpaired) electrons. The highest BCUT2D eigenvalue weighted by Gasteiger charge is 2.27. The first kappa shape index (κ1) is 18.2. The molecule has 0 saturated heterocycles. The lowest BCUT2D eigenvalue weighted by atomic mass is 9.84. The minimum Gasteiger partial charge on any atom is -0.444 e. The van der Waals surface area contributed by atoms with Crippen molar-refractivity contribution >= 4 is 33.4 Å². The number of anilines is 1. The monoisotopic (exact) mass is 365 g/mol. The molecule has 0 saturated carbocycles. The fourth-order valence-electron chi connectivity index (χ4n) is 1.64. The Morgan fingerprint density at radius 1 is 1.32 bits per heavy atom. The minimum atomic E-state index is -0.960. The first-order valence-electron chi connectivity index (χ1n) is 6.76. The molecule has 1 amide bonds. The molecular weight excluding hydrogens is 346 g/mol. The number of nitrogens with one attached hydrogen (secondary N) is 2. The van der Waals surface area contributed by atoms with Crippen LogP contribution in [0.3, 0.4) is 0 Å². The molecule has 0 fully saturated rings. The largest absolute Gasteiger partial charge is 0.444 e. The number of ether oxygens (including phenoxy) is 1. The lowest BCUT2D eigenvalue weighted by Crippen LogP contribution is -2.29. The van der Waals surface area contributed by atoms with E-state index in [-0.39, 0.29) is 5.71 Å². The van der Waals surface area contributed by atoms with Gasteiger partial charge in [-0.1, -0.05) is 15.9 Å². The second-order valence-corrected chi connectivity index (χ2v) is 7.34. The van der Waals surface area contributed by atoms with E-state index < -0.39 is 17.1 Å². The van der Waals surface area contributed by atoms with Crippen LogP contribution in [0.4, 0.5) is 10.5 Å². The summed E-state index contributed by atoms with van der Waals surface area (Å²) >= 11 is 3.34. The second kappa shape index (κ2) is 6.49. The van der Waals surface area contributed by atoms with Gasteiger partial charge in [-0.15, -0.1) is 0 Å². The zero-order valence-electron chi connectivity index (χ0n) is 13.4. The lowest BCUT2D eigenvalue weighted by molar-refractivity contribution is 0.0636. The number of carbonyl (C=O) groups is 1. The van der Waals surface area contributed by atoms with Crippen LogP contribution in [0.15, 0.2) is 22.7 Å². The Morgan fingerprint density at radius 2 is 1.91 bits per heavy atom. The van der Waals surface area contributed by atoms with E-state index in [1.54, 1.807) is 52.8 Å². The van der Waals surface area contributed by atoms with Crippen molar-refractivity contribution in [3.05, 3.63) is 28.2 Å². The van der Waals surface area contributed by atoms with E-state index in [0.717, 1.165) is 4.47 Å². The van der Waals surface area contributed by atoms with Crippen molar-refractivity contribution in [3.63, 3.8) is 0 Å². The van der Waals surface area contributed by atoms with Crippen LogP contribution in [-0.2, 0) is 4.74 Å². The summed E-state index contributed by atoms with van der Waals surface area (Å²) in [7, 11) is 0. The number of nitrogens with zero attached hydrogens (tertiary/aromatic N) is 1. The summed E-state index contributed by atoms with van der Waals surface area (Å²) < 4.78 is 5.98. The van der Waals surface area contributed by atoms with E-state index in [4.69, 9.17) is 10.1 Å². The van der Waals surface area contributed by atoms with Crippen molar-refractivity contribution in [1.82, 2.24) is 0 Å². The van der Waals surface area contributed by atoms with Crippen molar-refractivity contribution in [1.29, 1.82) is 10.7 Å². The smallest absolute Gasteiger partial charge is 0.412 e. The first-order chi connectivity index (χ1) is 9.96. The number of hydrogen-bond acceptors (Lipinski definition) is 4. The summed E-state index contributed by atoms with van der Waals surface area (Å²) in [5.74, 6) is 0. The number of nitriles is 1. The zero-order chi connectivity index (χ0) is 17.1. The maximum Gasteiger partial charge on any atom is 0.412 e. The molecule has 118 valence electrons. The number of rotatable bonds is 3. The topological polar surface area (TPSA) is 86.0 Å². The van der Waals surface area contributed by atoms with Crippen LogP contribution < -0.4 is 5.32 Å².